The Labute approximate surface area is 449 Å². The van der Waals surface area contributed by atoms with E-state index in [0.717, 1.165) is 77.0 Å². The van der Waals surface area contributed by atoms with Gasteiger partial charge in [-0.15, -0.1) is 0 Å². The van der Waals surface area contributed by atoms with Crippen molar-refractivity contribution in [1.29, 1.82) is 0 Å². The molecule has 0 aliphatic rings. The molecule has 0 aliphatic carbocycles. The number of unbranched alkanes of at least 4 members (excludes halogenated alkanes) is 45. The van der Waals surface area contributed by atoms with Crippen LogP contribution in [0.15, 0.2) is 24.3 Å². The van der Waals surface area contributed by atoms with Crippen LogP contribution in [0.3, 0.4) is 0 Å². The van der Waals surface area contributed by atoms with Crippen LogP contribution in [0.1, 0.15) is 361 Å². The molecule has 0 spiro atoms. The van der Waals surface area contributed by atoms with Crippen LogP contribution in [0.25, 0.3) is 0 Å². The number of ether oxygens (including phenoxy) is 3. The topological polar surface area (TPSA) is 78.9 Å². The van der Waals surface area contributed by atoms with Gasteiger partial charge in [0.2, 0.25) is 0 Å². The molecule has 0 aromatic heterocycles. The van der Waals surface area contributed by atoms with Gasteiger partial charge in [0.05, 0.1) is 0 Å². The maximum atomic E-state index is 12.9. The lowest BCUT2D eigenvalue weighted by Crippen LogP contribution is -2.30. The number of carbonyl (C=O) groups excluding carboxylic acids is 3. The Balaban J connectivity index is 4.26. The Kier molecular flexibility index (Phi) is 59.6. The van der Waals surface area contributed by atoms with Crippen molar-refractivity contribution >= 4 is 17.9 Å². The van der Waals surface area contributed by atoms with Gasteiger partial charge in [0.15, 0.2) is 6.10 Å². The summed E-state index contributed by atoms with van der Waals surface area (Å²) in [4.78, 5) is 38.3. The molecule has 0 N–H and O–H groups in total. The van der Waals surface area contributed by atoms with Crippen molar-refractivity contribution in [3.8, 4) is 0 Å². The van der Waals surface area contributed by atoms with E-state index in [2.05, 4.69) is 45.1 Å². The molecule has 0 aromatic carbocycles. The van der Waals surface area contributed by atoms with E-state index in [-0.39, 0.29) is 31.1 Å². The van der Waals surface area contributed by atoms with Crippen molar-refractivity contribution in [3.63, 3.8) is 0 Å². The summed E-state index contributed by atoms with van der Waals surface area (Å²) in [6.45, 7) is 6.66. The SMILES string of the molecule is CCCC/C=C\C/C=C\CCCCCCCC(=O)OCC(COC(=O)CCCCCCCCCCCCCCCCCCCCCCCCC)OC(=O)CCCCCCCCCCCCCCCCCCC. The summed E-state index contributed by atoms with van der Waals surface area (Å²) in [6.07, 6.45) is 73.3. The second kappa shape index (κ2) is 61.4. The molecule has 0 radical (unpaired) electrons. The van der Waals surface area contributed by atoms with Crippen LogP contribution in [0, 0.1) is 0 Å². The molecule has 0 heterocycles. The third-order valence-electron chi connectivity index (χ3n) is 14.7. The van der Waals surface area contributed by atoms with Gasteiger partial charge in [0.1, 0.15) is 13.2 Å². The van der Waals surface area contributed by atoms with E-state index in [1.165, 1.54) is 244 Å². The fourth-order valence-corrected chi connectivity index (χ4v) is 9.82. The van der Waals surface area contributed by atoms with Crippen LogP contribution in [-0.2, 0) is 28.6 Å². The number of hydrogen-bond donors (Lipinski definition) is 0. The van der Waals surface area contributed by atoms with Crippen molar-refractivity contribution < 1.29 is 28.6 Å². The molecule has 6 nitrogen and oxygen atoms in total. The average molecular weight is 1010 g/mol. The third kappa shape index (κ3) is 58.8. The van der Waals surface area contributed by atoms with Gasteiger partial charge in [-0.3, -0.25) is 14.4 Å². The van der Waals surface area contributed by atoms with Gasteiger partial charge in [-0.05, 0) is 44.9 Å². The summed E-state index contributed by atoms with van der Waals surface area (Å²) in [5, 5.41) is 0. The zero-order chi connectivity index (χ0) is 52.2. The minimum atomic E-state index is -0.773. The molecule has 72 heavy (non-hydrogen) atoms. The van der Waals surface area contributed by atoms with Gasteiger partial charge in [-0.25, -0.2) is 0 Å². The molecular weight excluding hydrogens is 889 g/mol. The zero-order valence-electron chi connectivity index (χ0n) is 48.7. The minimum Gasteiger partial charge on any atom is -0.462 e. The summed E-state index contributed by atoms with van der Waals surface area (Å²) in [7, 11) is 0. The maximum Gasteiger partial charge on any atom is 0.306 e. The highest BCUT2D eigenvalue weighted by atomic mass is 16.6. The fourth-order valence-electron chi connectivity index (χ4n) is 9.82. The lowest BCUT2D eigenvalue weighted by atomic mass is 10.0. The number of allylic oxidation sites excluding steroid dienone is 4. The molecule has 0 saturated heterocycles. The lowest BCUT2D eigenvalue weighted by Gasteiger charge is -2.18. The molecule has 0 bridgehead atoms. The highest BCUT2D eigenvalue weighted by molar-refractivity contribution is 5.71. The Morgan fingerprint density at radius 2 is 0.514 bits per heavy atom. The largest absolute Gasteiger partial charge is 0.462 e. The highest BCUT2D eigenvalue weighted by Gasteiger charge is 2.19. The molecule has 0 saturated carbocycles. The Hall–Kier alpha value is -2.11. The van der Waals surface area contributed by atoms with Gasteiger partial charge >= 0.3 is 17.9 Å². The van der Waals surface area contributed by atoms with Crippen molar-refractivity contribution in [2.24, 2.45) is 0 Å². The van der Waals surface area contributed by atoms with Crippen LogP contribution in [0.5, 0.6) is 0 Å². The smallest absolute Gasteiger partial charge is 0.306 e. The Morgan fingerprint density at radius 1 is 0.278 bits per heavy atom. The van der Waals surface area contributed by atoms with Gasteiger partial charge < -0.3 is 14.2 Å². The molecule has 0 aliphatic heterocycles. The maximum absolute atomic E-state index is 12.9. The van der Waals surface area contributed by atoms with Gasteiger partial charge in [0.25, 0.3) is 0 Å². The predicted octanol–water partition coefficient (Wildman–Crippen LogP) is 21.8. The van der Waals surface area contributed by atoms with Gasteiger partial charge in [-0.1, -0.05) is 321 Å². The molecule has 0 rings (SSSR count). The summed E-state index contributed by atoms with van der Waals surface area (Å²) in [6, 6.07) is 0. The van der Waals surface area contributed by atoms with Crippen LogP contribution < -0.4 is 0 Å². The molecule has 0 amide bonds. The zero-order valence-corrected chi connectivity index (χ0v) is 48.7. The van der Waals surface area contributed by atoms with Gasteiger partial charge in [0, 0.05) is 19.3 Å². The highest BCUT2D eigenvalue weighted by Crippen LogP contribution is 2.18. The molecule has 1 unspecified atom stereocenters. The standard InChI is InChI=1S/C66H124O6/c1-4-7-10-13-16-19-22-25-28-30-31-32-33-34-35-37-38-41-44-47-50-53-56-59-65(68)71-62-63(61-70-64(67)58-55-52-49-46-43-40-27-24-21-18-15-12-9-6-3)72-66(69)60-57-54-51-48-45-42-39-36-29-26-23-20-17-14-11-8-5-2/h15,18,24,27,63H,4-14,16-17,19-23,25-26,28-62H2,1-3H3/b18-15-,27-24-. The van der Waals surface area contributed by atoms with Crippen molar-refractivity contribution in [1.82, 2.24) is 0 Å². The Bertz CT molecular complexity index is 1160. The second-order valence-corrected chi connectivity index (χ2v) is 22.0. The molecule has 0 fully saturated rings. The Morgan fingerprint density at radius 3 is 0.806 bits per heavy atom. The quantitative estimate of drug-likeness (QED) is 0.0261. The molecule has 6 heteroatoms. The normalized spacial score (nSPS) is 12.1. The summed E-state index contributed by atoms with van der Waals surface area (Å²) >= 11 is 0. The minimum absolute atomic E-state index is 0.0696. The van der Waals surface area contributed by atoms with Crippen LogP contribution in [0.2, 0.25) is 0 Å². The van der Waals surface area contributed by atoms with E-state index in [1.807, 2.05) is 0 Å². The summed E-state index contributed by atoms with van der Waals surface area (Å²) in [5.41, 5.74) is 0. The summed E-state index contributed by atoms with van der Waals surface area (Å²) < 4.78 is 16.9. The van der Waals surface area contributed by atoms with E-state index < -0.39 is 6.10 Å². The summed E-state index contributed by atoms with van der Waals surface area (Å²) in [5.74, 6) is -0.856. The first-order chi connectivity index (χ1) is 35.5. The lowest BCUT2D eigenvalue weighted by molar-refractivity contribution is -0.167. The predicted molar refractivity (Wildman–Crippen MR) is 312 cm³/mol. The van der Waals surface area contributed by atoms with E-state index in [9.17, 15) is 14.4 Å². The second-order valence-electron chi connectivity index (χ2n) is 22.0. The third-order valence-corrected chi connectivity index (χ3v) is 14.7. The monoisotopic (exact) mass is 1010 g/mol. The molecule has 0 aromatic rings. The van der Waals surface area contributed by atoms with Gasteiger partial charge in [-0.2, -0.15) is 0 Å². The first kappa shape index (κ1) is 69.9. The van der Waals surface area contributed by atoms with Crippen molar-refractivity contribution in [2.45, 2.75) is 367 Å². The van der Waals surface area contributed by atoms with Crippen LogP contribution in [-0.4, -0.2) is 37.2 Å². The van der Waals surface area contributed by atoms with E-state index >= 15 is 0 Å². The van der Waals surface area contributed by atoms with Crippen molar-refractivity contribution in [2.75, 3.05) is 13.2 Å². The number of esters is 3. The number of hydrogen-bond acceptors (Lipinski definition) is 6. The van der Waals surface area contributed by atoms with Crippen molar-refractivity contribution in [3.05, 3.63) is 24.3 Å². The first-order valence-electron chi connectivity index (χ1n) is 32.3. The number of carbonyl (C=O) groups is 3. The van der Waals surface area contributed by atoms with E-state index in [1.54, 1.807) is 0 Å². The fraction of sp³-hybridized carbons (Fsp3) is 0.894. The average Bonchev–Trinajstić information content (AvgIpc) is 3.38. The number of rotatable bonds is 60. The first-order valence-corrected chi connectivity index (χ1v) is 32.3. The van der Waals surface area contributed by atoms with E-state index in [0.29, 0.717) is 19.3 Å². The van der Waals surface area contributed by atoms with Crippen LogP contribution >= 0.6 is 0 Å². The van der Waals surface area contributed by atoms with E-state index in [4.69, 9.17) is 14.2 Å². The molecule has 1 atom stereocenters. The molecular formula is C66H124O6. The van der Waals surface area contributed by atoms with Crippen LogP contribution in [0.4, 0.5) is 0 Å². The molecule has 424 valence electrons.